The number of rotatable bonds is 7. The number of aromatic nitrogens is 4. The lowest BCUT2D eigenvalue weighted by molar-refractivity contribution is -0.119. The number of hydrogen-bond donors (Lipinski definition) is 1. The van der Waals surface area contributed by atoms with Gasteiger partial charge in [-0.05, 0) is 56.1 Å². The van der Waals surface area contributed by atoms with Crippen molar-refractivity contribution in [3.05, 3.63) is 54.5 Å². The molecule has 5 rings (SSSR count). The molecule has 9 heteroatoms. The topological polar surface area (TPSA) is 89.9 Å². The van der Waals surface area contributed by atoms with Gasteiger partial charge in [0.2, 0.25) is 11.8 Å². The van der Waals surface area contributed by atoms with Crippen molar-refractivity contribution in [3.63, 3.8) is 0 Å². The van der Waals surface area contributed by atoms with E-state index in [9.17, 15) is 4.79 Å². The lowest BCUT2D eigenvalue weighted by atomic mass is 9.90. The molecule has 0 spiro atoms. The summed E-state index contributed by atoms with van der Waals surface area (Å²) in [4.78, 5) is 30.7. The summed E-state index contributed by atoms with van der Waals surface area (Å²) in [5, 5.41) is 3.67. The number of fused-ring (bicyclic) bond motifs is 1. The molecule has 0 saturated heterocycles. The summed E-state index contributed by atoms with van der Waals surface area (Å²) in [6, 6.07) is 6.53. The average Bonchev–Trinajstić information content (AvgIpc) is 3.20. The predicted molar refractivity (Wildman–Crippen MR) is 124 cm³/mol. The fourth-order valence-corrected chi connectivity index (χ4v) is 5.55. The van der Waals surface area contributed by atoms with Crippen molar-refractivity contribution in [2.45, 2.75) is 36.6 Å². The van der Waals surface area contributed by atoms with Crippen LogP contribution in [-0.2, 0) is 10.2 Å². The Labute approximate surface area is 195 Å². The highest BCUT2D eigenvalue weighted by Crippen LogP contribution is 2.68. The summed E-state index contributed by atoms with van der Waals surface area (Å²) in [5.74, 6) is 0.122. The number of carbonyl (C=O) groups excluding carboxylic acids is 1. The number of ether oxygens (including phenoxy) is 1. The summed E-state index contributed by atoms with van der Waals surface area (Å²) in [6.07, 6.45) is 9.58. The quantitative estimate of drug-likeness (QED) is 0.406. The third-order valence-electron chi connectivity index (χ3n) is 6.64. The SMILES string of the molecule is CCOc1cncc(-c2ccc(NC(=O)C3(c4cc(SC)ncn4)[C@@H]4CCC[C@@H]43)c(F)c2)n1. The Morgan fingerprint density at radius 2 is 2.06 bits per heavy atom. The highest BCUT2D eigenvalue weighted by Gasteiger charge is 2.72. The van der Waals surface area contributed by atoms with Crippen LogP contribution < -0.4 is 10.1 Å². The number of anilines is 1. The van der Waals surface area contributed by atoms with E-state index in [0.29, 0.717) is 23.7 Å². The zero-order valence-electron chi connectivity index (χ0n) is 18.4. The van der Waals surface area contributed by atoms with E-state index >= 15 is 4.39 Å². The monoisotopic (exact) mass is 465 g/mol. The van der Waals surface area contributed by atoms with Crippen molar-refractivity contribution < 1.29 is 13.9 Å². The minimum absolute atomic E-state index is 0.140. The van der Waals surface area contributed by atoms with Gasteiger partial charge >= 0.3 is 0 Å². The lowest BCUT2D eigenvalue weighted by Gasteiger charge is -2.21. The Hall–Kier alpha value is -3.07. The Balaban J connectivity index is 1.41. The molecule has 2 heterocycles. The first-order valence-electron chi connectivity index (χ1n) is 11.0. The first kappa shape index (κ1) is 21.8. The molecule has 0 aliphatic heterocycles. The molecule has 1 aromatic carbocycles. The normalized spacial score (nSPS) is 23.1. The van der Waals surface area contributed by atoms with Crippen molar-refractivity contribution in [1.29, 1.82) is 0 Å². The van der Waals surface area contributed by atoms with Crippen molar-refractivity contribution in [2.75, 3.05) is 18.2 Å². The van der Waals surface area contributed by atoms with E-state index in [2.05, 4.69) is 25.3 Å². The van der Waals surface area contributed by atoms with Crippen LogP contribution in [0.1, 0.15) is 31.9 Å². The number of nitrogens with zero attached hydrogens (tertiary/aromatic N) is 4. The third kappa shape index (κ3) is 3.74. The summed E-state index contributed by atoms with van der Waals surface area (Å²) < 4.78 is 20.4. The molecule has 3 atom stereocenters. The van der Waals surface area contributed by atoms with Gasteiger partial charge in [-0.1, -0.05) is 12.5 Å². The number of amides is 1. The van der Waals surface area contributed by atoms with E-state index in [1.807, 2.05) is 19.2 Å². The van der Waals surface area contributed by atoms with Gasteiger partial charge in [0.1, 0.15) is 12.1 Å². The molecule has 0 bridgehead atoms. The zero-order valence-corrected chi connectivity index (χ0v) is 19.2. The first-order chi connectivity index (χ1) is 16.1. The van der Waals surface area contributed by atoms with Gasteiger partial charge in [-0.25, -0.2) is 19.3 Å². The molecule has 1 N–H and O–H groups in total. The highest BCUT2D eigenvalue weighted by atomic mass is 32.2. The number of carbonyl (C=O) groups is 1. The lowest BCUT2D eigenvalue weighted by Crippen LogP contribution is -2.33. The molecule has 1 amide bonds. The Morgan fingerprint density at radius 3 is 2.79 bits per heavy atom. The first-order valence-corrected chi connectivity index (χ1v) is 12.2. The maximum Gasteiger partial charge on any atom is 0.237 e. The van der Waals surface area contributed by atoms with Crippen molar-refractivity contribution in [3.8, 4) is 17.1 Å². The fourth-order valence-electron chi connectivity index (χ4n) is 5.17. The minimum atomic E-state index is -0.714. The molecule has 170 valence electrons. The predicted octanol–water partition coefficient (Wildman–Crippen LogP) is 4.50. The van der Waals surface area contributed by atoms with Gasteiger partial charge in [0.15, 0.2) is 0 Å². The van der Waals surface area contributed by atoms with E-state index in [4.69, 9.17) is 4.74 Å². The van der Waals surface area contributed by atoms with Gasteiger partial charge < -0.3 is 10.1 Å². The van der Waals surface area contributed by atoms with E-state index in [1.54, 1.807) is 18.3 Å². The number of hydrogen-bond acceptors (Lipinski definition) is 7. The van der Waals surface area contributed by atoms with Gasteiger partial charge in [0.25, 0.3) is 0 Å². The minimum Gasteiger partial charge on any atom is -0.477 e. The Bertz CT molecular complexity index is 1200. The van der Waals surface area contributed by atoms with Crippen LogP contribution >= 0.6 is 11.8 Å². The highest BCUT2D eigenvalue weighted by molar-refractivity contribution is 7.98. The fraction of sp³-hybridized carbons (Fsp3) is 0.375. The molecule has 2 aliphatic carbocycles. The van der Waals surface area contributed by atoms with Gasteiger partial charge in [-0.2, -0.15) is 0 Å². The van der Waals surface area contributed by atoms with Crippen molar-refractivity contribution in [2.24, 2.45) is 11.8 Å². The van der Waals surface area contributed by atoms with Crippen LogP contribution in [0.15, 0.2) is 48.0 Å². The number of nitrogens with one attached hydrogen (secondary N) is 1. The van der Waals surface area contributed by atoms with Crippen LogP contribution in [0.25, 0.3) is 11.3 Å². The molecule has 1 unspecified atom stereocenters. The second-order valence-corrected chi connectivity index (χ2v) is 9.11. The smallest absolute Gasteiger partial charge is 0.237 e. The number of benzene rings is 1. The third-order valence-corrected chi connectivity index (χ3v) is 7.29. The molecular formula is C24H24FN5O2S. The second-order valence-electron chi connectivity index (χ2n) is 8.28. The molecule has 33 heavy (non-hydrogen) atoms. The summed E-state index contributed by atoms with van der Waals surface area (Å²) >= 11 is 1.51. The van der Waals surface area contributed by atoms with Crippen LogP contribution in [0, 0.1) is 17.7 Å². The summed E-state index contributed by atoms with van der Waals surface area (Å²) in [7, 11) is 0. The number of halogens is 1. The van der Waals surface area contributed by atoms with Gasteiger partial charge in [-0.15, -0.1) is 11.8 Å². The molecule has 7 nitrogen and oxygen atoms in total. The largest absolute Gasteiger partial charge is 0.477 e. The van der Waals surface area contributed by atoms with Crippen LogP contribution in [0.5, 0.6) is 5.88 Å². The molecule has 2 aliphatic rings. The number of thioether (sulfide) groups is 1. The zero-order chi connectivity index (χ0) is 23.0. The molecule has 2 fully saturated rings. The standard InChI is InChI=1S/C24H24FN5O2S/c1-3-32-21-12-26-11-19(29-21)14-7-8-18(17(25)9-14)30-23(31)24(15-5-4-6-16(15)24)20-10-22(33-2)28-13-27-20/h7-13,15-16H,3-6H2,1-2H3,(H,30,31)/t15-,16+,24?. The Kier molecular flexibility index (Phi) is 5.74. The van der Waals surface area contributed by atoms with Crippen LogP contribution in [0.3, 0.4) is 0 Å². The van der Waals surface area contributed by atoms with E-state index in [-0.39, 0.29) is 23.4 Å². The maximum absolute atomic E-state index is 15.0. The van der Waals surface area contributed by atoms with Gasteiger partial charge in [0.05, 0.1) is 46.5 Å². The molecular weight excluding hydrogens is 441 g/mol. The van der Waals surface area contributed by atoms with Gasteiger partial charge in [-0.3, -0.25) is 9.78 Å². The van der Waals surface area contributed by atoms with Crippen LogP contribution in [-0.4, -0.2) is 38.7 Å². The van der Waals surface area contributed by atoms with Gasteiger partial charge in [0, 0.05) is 5.56 Å². The van der Waals surface area contributed by atoms with Crippen molar-refractivity contribution in [1.82, 2.24) is 19.9 Å². The van der Waals surface area contributed by atoms with Crippen molar-refractivity contribution >= 4 is 23.4 Å². The molecule has 3 aromatic rings. The summed E-state index contributed by atoms with van der Waals surface area (Å²) in [5.41, 5.74) is 1.21. The summed E-state index contributed by atoms with van der Waals surface area (Å²) in [6.45, 7) is 2.32. The van der Waals surface area contributed by atoms with E-state index in [0.717, 1.165) is 30.0 Å². The average molecular weight is 466 g/mol. The second kappa shape index (κ2) is 8.70. The van der Waals surface area contributed by atoms with E-state index < -0.39 is 11.2 Å². The van der Waals surface area contributed by atoms with Crippen LogP contribution in [0.2, 0.25) is 0 Å². The van der Waals surface area contributed by atoms with E-state index in [1.165, 1.54) is 30.4 Å². The molecule has 2 aromatic heterocycles. The maximum atomic E-state index is 15.0. The van der Waals surface area contributed by atoms with Crippen LogP contribution in [0.4, 0.5) is 10.1 Å². The molecule has 2 saturated carbocycles. The Morgan fingerprint density at radius 1 is 1.24 bits per heavy atom. The molecule has 0 radical (unpaired) electrons.